The molecule has 4 fully saturated rings. The fourth-order valence-electron chi connectivity index (χ4n) is 5.25. The van der Waals surface area contributed by atoms with Gasteiger partial charge in [0.05, 0.1) is 5.41 Å². The summed E-state index contributed by atoms with van der Waals surface area (Å²) >= 11 is 6.78. The van der Waals surface area contributed by atoms with Crippen LogP contribution in [-0.2, 0) is 4.79 Å². The van der Waals surface area contributed by atoms with E-state index in [0.29, 0.717) is 17.7 Å². The van der Waals surface area contributed by atoms with Crippen molar-refractivity contribution in [2.24, 2.45) is 17.3 Å². The predicted molar refractivity (Wildman–Crippen MR) is 73.6 cm³/mol. The summed E-state index contributed by atoms with van der Waals surface area (Å²) in [5.41, 5.74) is -0.0994. The Kier molecular flexibility index (Phi) is 2.93. The van der Waals surface area contributed by atoms with E-state index in [4.69, 9.17) is 11.6 Å². The maximum Gasteiger partial charge on any atom is 0.228 e. The Bertz CT molecular complexity index is 350. The Morgan fingerprint density at radius 3 is 2.17 bits per heavy atom. The van der Waals surface area contributed by atoms with Crippen LogP contribution < -0.4 is 0 Å². The lowest BCUT2D eigenvalue weighted by Gasteiger charge is -2.59. The van der Waals surface area contributed by atoms with Crippen LogP contribution in [0.5, 0.6) is 0 Å². The van der Waals surface area contributed by atoms with E-state index in [2.05, 4.69) is 13.8 Å². The van der Waals surface area contributed by atoms with Crippen LogP contribution in [0.1, 0.15) is 52.4 Å². The van der Waals surface area contributed by atoms with Gasteiger partial charge < -0.3 is 4.90 Å². The Morgan fingerprint density at radius 1 is 1.17 bits per heavy atom. The van der Waals surface area contributed by atoms with Crippen molar-refractivity contribution in [2.75, 3.05) is 13.1 Å². The van der Waals surface area contributed by atoms with Gasteiger partial charge in [0.2, 0.25) is 5.91 Å². The molecular weight excluding hydrogens is 246 g/mol. The minimum Gasteiger partial charge on any atom is -0.343 e. The van der Waals surface area contributed by atoms with Gasteiger partial charge in [0.1, 0.15) is 0 Å². The third-order valence-corrected chi connectivity index (χ3v) is 5.94. The Balaban J connectivity index is 1.89. The highest BCUT2D eigenvalue weighted by Gasteiger charge is 2.60. The lowest BCUT2D eigenvalue weighted by Crippen LogP contribution is -2.59. The molecule has 0 aromatic carbocycles. The van der Waals surface area contributed by atoms with Gasteiger partial charge in [0.15, 0.2) is 0 Å². The molecule has 0 radical (unpaired) electrons. The average Bonchev–Trinajstić information content (AvgIpc) is 2.27. The van der Waals surface area contributed by atoms with Gasteiger partial charge in [-0.05, 0) is 64.2 Å². The molecule has 0 unspecified atom stereocenters. The van der Waals surface area contributed by atoms with E-state index in [1.54, 1.807) is 0 Å². The van der Waals surface area contributed by atoms with Crippen LogP contribution in [0.4, 0.5) is 0 Å². The zero-order valence-corrected chi connectivity index (χ0v) is 12.3. The average molecular weight is 270 g/mol. The fourth-order valence-corrected chi connectivity index (χ4v) is 5.94. The second kappa shape index (κ2) is 4.13. The molecule has 4 aliphatic carbocycles. The molecule has 2 atom stereocenters. The molecule has 0 aromatic rings. The number of carbonyl (C=O) groups is 1. The number of carbonyl (C=O) groups excluding carboxylic acids is 1. The second-order valence-corrected chi connectivity index (χ2v) is 7.67. The molecule has 1 amide bonds. The molecule has 0 saturated heterocycles. The van der Waals surface area contributed by atoms with E-state index < -0.39 is 0 Å². The monoisotopic (exact) mass is 269 g/mol. The maximum atomic E-state index is 12.9. The summed E-state index contributed by atoms with van der Waals surface area (Å²) in [5.74, 6) is 1.82. The van der Waals surface area contributed by atoms with Crippen molar-refractivity contribution in [1.29, 1.82) is 0 Å². The number of halogens is 1. The zero-order valence-electron chi connectivity index (χ0n) is 11.5. The van der Waals surface area contributed by atoms with E-state index in [-0.39, 0.29) is 10.3 Å². The summed E-state index contributed by atoms with van der Waals surface area (Å²) in [6.45, 7) is 5.83. The van der Waals surface area contributed by atoms with Crippen LogP contribution in [0.2, 0.25) is 0 Å². The van der Waals surface area contributed by atoms with E-state index in [9.17, 15) is 4.79 Å². The zero-order chi connectivity index (χ0) is 13.0. The highest BCUT2D eigenvalue weighted by atomic mass is 35.5. The number of hydrogen-bond donors (Lipinski definition) is 0. The smallest absolute Gasteiger partial charge is 0.228 e. The molecule has 4 aliphatic rings. The Hall–Kier alpha value is -0.240. The van der Waals surface area contributed by atoms with Crippen molar-refractivity contribution in [3.05, 3.63) is 0 Å². The van der Waals surface area contributed by atoms with Gasteiger partial charge in [-0.2, -0.15) is 0 Å². The van der Waals surface area contributed by atoms with Crippen molar-refractivity contribution in [3.63, 3.8) is 0 Å². The van der Waals surface area contributed by atoms with Crippen LogP contribution in [0.3, 0.4) is 0 Å². The van der Waals surface area contributed by atoms with Gasteiger partial charge in [-0.3, -0.25) is 4.79 Å². The molecular formula is C15H24ClNO. The first-order valence-electron chi connectivity index (χ1n) is 7.48. The lowest BCUT2D eigenvalue weighted by atomic mass is 9.49. The molecule has 4 rings (SSSR count). The fraction of sp³-hybridized carbons (Fsp3) is 0.933. The van der Waals surface area contributed by atoms with E-state index in [0.717, 1.165) is 45.2 Å². The van der Waals surface area contributed by atoms with Crippen LogP contribution in [0.15, 0.2) is 0 Å². The van der Waals surface area contributed by atoms with Crippen LogP contribution in [0, 0.1) is 17.3 Å². The number of rotatable bonds is 3. The number of nitrogens with zero attached hydrogens (tertiary/aromatic N) is 1. The first-order chi connectivity index (χ1) is 8.50. The summed E-state index contributed by atoms with van der Waals surface area (Å²) in [7, 11) is 0. The van der Waals surface area contributed by atoms with Crippen molar-refractivity contribution in [2.45, 2.75) is 57.2 Å². The van der Waals surface area contributed by atoms with Crippen molar-refractivity contribution >= 4 is 17.5 Å². The molecule has 0 N–H and O–H groups in total. The Labute approximate surface area is 115 Å². The summed E-state index contributed by atoms with van der Waals surface area (Å²) < 4.78 is 0. The molecule has 0 heterocycles. The molecule has 2 nitrogen and oxygen atoms in total. The SMILES string of the molecule is CCN(CC)C(=O)C12C[C@H]3C[C@@H](CC(Cl)(C3)C1)C2. The molecule has 0 spiro atoms. The minimum absolute atomic E-state index is 0.0487. The first-order valence-corrected chi connectivity index (χ1v) is 7.86. The quantitative estimate of drug-likeness (QED) is 0.719. The van der Waals surface area contributed by atoms with E-state index >= 15 is 0 Å². The first kappa shape index (κ1) is 12.8. The highest BCUT2D eigenvalue weighted by Crippen LogP contribution is 2.64. The highest BCUT2D eigenvalue weighted by molar-refractivity contribution is 6.24. The number of amides is 1. The van der Waals surface area contributed by atoms with Gasteiger partial charge in [0, 0.05) is 18.0 Å². The molecule has 4 saturated carbocycles. The molecule has 0 aliphatic heterocycles. The second-order valence-electron chi connectivity index (χ2n) is 6.87. The summed E-state index contributed by atoms with van der Waals surface area (Å²) in [6, 6.07) is 0. The molecule has 3 heteroatoms. The van der Waals surface area contributed by atoms with E-state index in [1.807, 2.05) is 4.90 Å². The molecule has 4 bridgehead atoms. The molecule has 0 aromatic heterocycles. The van der Waals surface area contributed by atoms with Crippen LogP contribution >= 0.6 is 11.6 Å². The maximum absolute atomic E-state index is 12.9. The van der Waals surface area contributed by atoms with E-state index in [1.165, 1.54) is 6.42 Å². The summed E-state index contributed by atoms with van der Waals surface area (Å²) in [4.78, 5) is 14.8. The lowest BCUT2D eigenvalue weighted by molar-refractivity contribution is -0.155. The van der Waals surface area contributed by atoms with Crippen molar-refractivity contribution in [3.8, 4) is 0 Å². The normalized spacial score (nSPS) is 45.3. The summed E-state index contributed by atoms with van der Waals surface area (Å²) in [6.07, 6.45) is 6.77. The third-order valence-electron chi connectivity index (χ3n) is 5.49. The van der Waals surface area contributed by atoms with Crippen LogP contribution in [-0.4, -0.2) is 28.8 Å². The molecule has 102 valence electrons. The standard InChI is InChI=1S/C15H24ClNO/c1-3-17(4-2)13(18)14-6-11-5-12(7-14)9-15(16,8-11)10-14/h11-12H,3-10H2,1-2H3/t11-,12-,14?,15?/m1/s1. The van der Waals surface area contributed by atoms with Crippen molar-refractivity contribution < 1.29 is 4.79 Å². The minimum atomic E-state index is -0.0994. The van der Waals surface area contributed by atoms with Gasteiger partial charge in [-0.1, -0.05) is 0 Å². The van der Waals surface area contributed by atoms with Gasteiger partial charge >= 0.3 is 0 Å². The largest absolute Gasteiger partial charge is 0.343 e. The summed E-state index contributed by atoms with van der Waals surface area (Å²) in [5, 5.41) is 0. The van der Waals surface area contributed by atoms with Gasteiger partial charge in [-0.15, -0.1) is 11.6 Å². The topological polar surface area (TPSA) is 20.3 Å². The number of alkyl halides is 1. The molecule has 18 heavy (non-hydrogen) atoms. The van der Waals surface area contributed by atoms with Crippen molar-refractivity contribution in [1.82, 2.24) is 4.90 Å². The third kappa shape index (κ3) is 1.79. The number of hydrogen-bond acceptors (Lipinski definition) is 1. The van der Waals surface area contributed by atoms with Gasteiger partial charge in [-0.25, -0.2) is 0 Å². The van der Waals surface area contributed by atoms with Gasteiger partial charge in [0.25, 0.3) is 0 Å². The predicted octanol–water partition coefficient (Wildman–Crippen LogP) is 3.43. The van der Waals surface area contributed by atoms with Crippen LogP contribution in [0.25, 0.3) is 0 Å². The Morgan fingerprint density at radius 2 is 1.72 bits per heavy atom.